The lowest BCUT2D eigenvalue weighted by molar-refractivity contribution is 0.324. The van der Waals surface area contributed by atoms with Gasteiger partial charge in [0.05, 0.1) is 7.11 Å². The van der Waals surface area contributed by atoms with Crippen LogP contribution in [0.2, 0.25) is 0 Å². The first-order valence-electron chi connectivity index (χ1n) is 4.55. The third kappa shape index (κ3) is 2.63. The van der Waals surface area contributed by atoms with Crippen LogP contribution < -0.4 is 4.74 Å². The first kappa shape index (κ1) is 11.3. The zero-order valence-electron chi connectivity index (χ0n) is 8.83. The second kappa shape index (κ2) is 5.23. The maximum atomic E-state index is 5.90. The Morgan fingerprint density at radius 3 is 2.21 bits per heavy atom. The van der Waals surface area contributed by atoms with Gasteiger partial charge in [0.25, 0.3) is 0 Å². The van der Waals surface area contributed by atoms with Gasteiger partial charge >= 0.3 is 0 Å². The number of nitrogens with zero attached hydrogens (tertiary/aromatic N) is 1. The van der Waals surface area contributed by atoms with Crippen molar-refractivity contribution in [3.05, 3.63) is 29.8 Å². The first-order chi connectivity index (χ1) is 6.69. The van der Waals surface area contributed by atoms with Gasteiger partial charge in [-0.25, -0.2) is 0 Å². The summed E-state index contributed by atoms with van der Waals surface area (Å²) in [6.07, 6.45) is 0. The maximum absolute atomic E-state index is 5.90. The molecule has 0 heterocycles. The summed E-state index contributed by atoms with van der Waals surface area (Å²) in [6, 6.07) is 8.27. The minimum absolute atomic E-state index is 0.266. The number of ether oxygens (including phenoxy) is 1. The summed E-state index contributed by atoms with van der Waals surface area (Å²) in [5.74, 6) is 1.47. The molecule has 0 aromatic heterocycles. The molecule has 1 aromatic carbocycles. The summed E-state index contributed by atoms with van der Waals surface area (Å²) in [7, 11) is 5.72. The molecule has 0 aliphatic carbocycles. The van der Waals surface area contributed by atoms with Crippen LogP contribution in [-0.4, -0.2) is 32.0 Å². The maximum Gasteiger partial charge on any atom is 0.118 e. The lowest BCUT2D eigenvalue weighted by Gasteiger charge is -2.22. The highest BCUT2D eigenvalue weighted by Crippen LogP contribution is 2.21. The molecule has 0 aliphatic rings. The number of alkyl halides is 1. The highest BCUT2D eigenvalue weighted by atomic mass is 35.5. The molecule has 1 rings (SSSR count). The normalized spacial score (nSPS) is 12.9. The predicted octanol–water partition coefficient (Wildman–Crippen LogP) is 2.54. The van der Waals surface area contributed by atoms with Crippen LogP contribution in [0.3, 0.4) is 0 Å². The minimum atomic E-state index is 0.266. The highest BCUT2D eigenvalue weighted by molar-refractivity contribution is 6.18. The fraction of sp³-hybridized carbons (Fsp3) is 0.455. The topological polar surface area (TPSA) is 12.5 Å². The molecule has 0 fully saturated rings. The third-order valence-corrected chi connectivity index (χ3v) is 2.56. The monoisotopic (exact) mass is 213 g/mol. The Hall–Kier alpha value is -0.730. The molecule has 1 unspecified atom stereocenters. The minimum Gasteiger partial charge on any atom is -0.497 e. The summed E-state index contributed by atoms with van der Waals surface area (Å²) in [5, 5.41) is 0. The van der Waals surface area contributed by atoms with Gasteiger partial charge in [-0.3, -0.25) is 0 Å². The van der Waals surface area contributed by atoms with Crippen LogP contribution in [0.5, 0.6) is 5.75 Å². The molecular formula is C11H16ClNO. The molecule has 0 radical (unpaired) electrons. The van der Waals surface area contributed by atoms with Gasteiger partial charge in [-0.1, -0.05) is 12.1 Å². The molecule has 78 valence electrons. The molecule has 14 heavy (non-hydrogen) atoms. The SMILES string of the molecule is COc1ccc(C(CCl)N(C)C)cc1. The Labute approximate surface area is 90.4 Å². The van der Waals surface area contributed by atoms with Crippen molar-refractivity contribution >= 4 is 11.6 Å². The van der Waals surface area contributed by atoms with Gasteiger partial charge in [-0.05, 0) is 31.8 Å². The van der Waals surface area contributed by atoms with Crippen LogP contribution >= 0.6 is 11.6 Å². The Bertz CT molecular complexity index is 271. The van der Waals surface area contributed by atoms with E-state index < -0.39 is 0 Å². The van der Waals surface area contributed by atoms with Crippen molar-refractivity contribution < 1.29 is 4.74 Å². The number of halogens is 1. The average Bonchev–Trinajstić information content (AvgIpc) is 2.19. The number of hydrogen-bond donors (Lipinski definition) is 0. The van der Waals surface area contributed by atoms with Gasteiger partial charge in [0, 0.05) is 11.9 Å². The summed E-state index contributed by atoms with van der Waals surface area (Å²) < 4.78 is 5.10. The van der Waals surface area contributed by atoms with Crippen molar-refractivity contribution in [2.75, 3.05) is 27.1 Å². The fourth-order valence-electron chi connectivity index (χ4n) is 1.35. The van der Waals surface area contributed by atoms with E-state index in [0.29, 0.717) is 5.88 Å². The number of benzene rings is 1. The predicted molar refractivity (Wildman–Crippen MR) is 60.1 cm³/mol. The summed E-state index contributed by atoms with van der Waals surface area (Å²) in [6.45, 7) is 0. The third-order valence-electron chi connectivity index (χ3n) is 2.27. The summed E-state index contributed by atoms with van der Waals surface area (Å²) >= 11 is 5.90. The van der Waals surface area contributed by atoms with E-state index in [1.807, 2.05) is 38.4 Å². The Morgan fingerprint density at radius 1 is 1.29 bits per heavy atom. The van der Waals surface area contributed by atoms with E-state index in [1.165, 1.54) is 5.56 Å². The van der Waals surface area contributed by atoms with Gasteiger partial charge in [0.1, 0.15) is 5.75 Å². The van der Waals surface area contributed by atoms with E-state index in [9.17, 15) is 0 Å². The van der Waals surface area contributed by atoms with E-state index in [1.54, 1.807) is 7.11 Å². The van der Waals surface area contributed by atoms with Crippen molar-refractivity contribution in [1.82, 2.24) is 4.90 Å². The molecular weight excluding hydrogens is 198 g/mol. The largest absolute Gasteiger partial charge is 0.497 e. The van der Waals surface area contributed by atoms with E-state index in [2.05, 4.69) is 4.90 Å². The van der Waals surface area contributed by atoms with Gasteiger partial charge in [-0.15, -0.1) is 11.6 Å². The molecule has 3 heteroatoms. The smallest absolute Gasteiger partial charge is 0.118 e. The molecule has 2 nitrogen and oxygen atoms in total. The van der Waals surface area contributed by atoms with Gasteiger partial charge in [0.2, 0.25) is 0 Å². The van der Waals surface area contributed by atoms with E-state index in [0.717, 1.165) is 5.75 Å². The van der Waals surface area contributed by atoms with Gasteiger partial charge in [-0.2, -0.15) is 0 Å². The van der Waals surface area contributed by atoms with Crippen LogP contribution in [0.15, 0.2) is 24.3 Å². The number of hydrogen-bond acceptors (Lipinski definition) is 2. The lowest BCUT2D eigenvalue weighted by atomic mass is 10.1. The molecule has 1 atom stereocenters. The molecule has 0 saturated carbocycles. The molecule has 0 N–H and O–H groups in total. The Balaban J connectivity index is 2.84. The summed E-state index contributed by atoms with van der Waals surface area (Å²) in [4.78, 5) is 2.11. The lowest BCUT2D eigenvalue weighted by Crippen LogP contribution is -2.21. The van der Waals surface area contributed by atoms with Crippen LogP contribution in [0, 0.1) is 0 Å². The summed E-state index contributed by atoms with van der Waals surface area (Å²) in [5.41, 5.74) is 1.21. The van der Waals surface area contributed by atoms with Crippen LogP contribution in [0.4, 0.5) is 0 Å². The standard InChI is InChI=1S/C11H16ClNO/c1-13(2)11(8-12)9-4-6-10(14-3)7-5-9/h4-7,11H,8H2,1-3H3. The zero-order chi connectivity index (χ0) is 10.6. The highest BCUT2D eigenvalue weighted by Gasteiger charge is 2.11. The first-order valence-corrected chi connectivity index (χ1v) is 5.09. The molecule has 0 aliphatic heterocycles. The van der Waals surface area contributed by atoms with Crippen molar-refractivity contribution in [2.24, 2.45) is 0 Å². The van der Waals surface area contributed by atoms with Crippen molar-refractivity contribution in [3.8, 4) is 5.75 Å². The van der Waals surface area contributed by atoms with E-state index in [-0.39, 0.29) is 6.04 Å². The second-order valence-electron chi connectivity index (χ2n) is 3.41. The number of methoxy groups -OCH3 is 1. The zero-order valence-corrected chi connectivity index (χ0v) is 9.58. The van der Waals surface area contributed by atoms with Gasteiger partial charge < -0.3 is 9.64 Å². The van der Waals surface area contributed by atoms with Crippen LogP contribution in [0.1, 0.15) is 11.6 Å². The molecule has 0 bridgehead atoms. The van der Waals surface area contributed by atoms with Crippen molar-refractivity contribution in [2.45, 2.75) is 6.04 Å². The Morgan fingerprint density at radius 2 is 1.86 bits per heavy atom. The molecule has 0 spiro atoms. The van der Waals surface area contributed by atoms with E-state index >= 15 is 0 Å². The average molecular weight is 214 g/mol. The fourth-order valence-corrected chi connectivity index (χ4v) is 1.81. The van der Waals surface area contributed by atoms with Crippen LogP contribution in [-0.2, 0) is 0 Å². The quantitative estimate of drug-likeness (QED) is 0.713. The van der Waals surface area contributed by atoms with Crippen molar-refractivity contribution in [3.63, 3.8) is 0 Å². The molecule has 1 aromatic rings. The molecule has 0 amide bonds. The van der Waals surface area contributed by atoms with Crippen LogP contribution in [0.25, 0.3) is 0 Å². The van der Waals surface area contributed by atoms with E-state index in [4.69, 9.17) is 16.3 Å². The molecule has 0 saturated heterocycles. The number of rotatable bonds is 4. The Kier molecular flexibility index (Phi) is 4.23. The van der Waals surface area contributed by atoms with Gasteiger partial charge in [0.15, 0.2) is 0 Å². The second-order valence-corrected chi connectivity index (χ2v) is 3.72. The van der Waals surface area contributed by atoms with Crippen molar-refractivity contribution in [1.29, 1.82) is 0 Å².